The summed E-state index contributed by atoms with van der Waals surface area (Å²) in [7, 11) is 0. The number of hydrogen-bond acceptors (Lipinski definition) is 4. The Hall–Kier alpha value is -2.44. The van der Waals surface area contributed by atoms with E-state index in [4.69, 9.17) is 5.11 Å². The quantitative estimate of drug-likeness (QED) is 0.875. The van der Waals surface area contributed by atoms with Crippen molar-refractivity contribution in [2.75, 3.05) is 5.32 Å². The van der Waals surface area contributed by atoms with Crippen molar-refractivity contribution in [2.24, 2.45) is 0 Å². The van der Waals surface area contributed by atoms with Gasteiger partial charge in [0.05, 0.1) is 6.54 Å². The molecule has 0 amide bonds. The number of nitrogens with one attached hydrogen (secondary N) is 1. The predicted octanol–water partition coefficient (Wildman–Crippen LogP) is 2.26. The van der Waals surface area contributed by atoms with Gasteiger partial charge in [-0.1, -0.05) is 11.2 Å². The van der Waals surface area contributed by atoms with Crippen LogP contribution in [0.2, 0.25) is 0 Å². The van der Waals surface area contributed by atoms with Gasteiger partial charge in [-0.05, 0) is 12.1 Å². The number of hydrogen-bond donors (Lipinski definition) is 2. The maximum atomic E-state index is 13.2. The second kappa shape index (κ2) is 4.82. The molecule has 18 heavy (non-hydrogen) atoms. The number of carboxylic acids is 1. The first-order chi connectivity index (χ1) is 8.58. The highest BCUT2D eigenvalue weighted by Gasteiger charge is 2.12. The van der Waals surface area contributed by atoms with Gasteiger partial charge in [0.15, 0.2) is 11.5 Å². The number of aromatic carboxylic acids is 1. The number of halogens is 2. The molecule has 0 aliphatic carbocycles. The van der Waals surface area contributed by atoms with Crippen LogP contribution in [0.3, 0.4) is 0 Å². The molecule has 0 bridgehead atoms. The van der Waals surface area contributed by atoms with Gasteiger partial charge < -0.3 is 14.9 Å². The zero-order chi connectivity index (χ0) is 13.1. The normalized spacial score (nSPS) is 10.3. The van der Waals surface area contributed by atoms with Gasteiger partial charge in [0, 0.05) is 6.07 Å². The Kier molecular flexibility index (Phi) is 3.22. The van der Waals surface area contributed by atoms with Crippen molar-refractivity contribution in [1.82, 2.24) is 5.16 Å². The molecule has 0 fully saturated rings. The third kappa shape index (κ3) is 2.45. The molecule has 0 aliphatic heterocycles. The summed E-state index contributed by atoms with van der Waals surface area (Å²) in [4.78, 5) is 10.5. The minimum Gasteiger partial charge on any atom is -0.476 e. The molecule has 7 heteroatoms. The Bertz CT molecular complexity index is 563. The lowest BCUT2D eigenvalue weighted by Gasteiger charge is -2.05. The van der Waals surface area contributed by atoms with E-state index in [1.54, 1.807) is 0 Å². The SMILES string of the molecule is O=C(O)c1cc(CNc2c(F)cccc2F)on1. The number of para-hydroxylation sites is 1. The van der Waals surface area contributed by atoms with Gasteiger partial charge in [-0.3, -0.25) is 0 Å². The number of benzene rings is 1. The highest BCUT2D eigenvalue weighted by molar-refractivity contribution is 5.85. The van der Waals surface area contributed by atoms with E-state index in [1.165, 1.54) is 12.1 Å². The molecule has 2 aromatic rings. The lowest BCUT2D eigenvalue weighted by Crippen LogP contribution is -2.03. The fourth-order valence-corrected chi connectivity index (χ4v) is 1.34. The van der Waals surface area contributed by atoms with Crippen LogP contribution < -0.4 is 5.32 Å². The number of carboxylic acid groups (broad SMARTS) is 1. The largest absolute Gasteiger partial charge is 0.476 e. The first-order valence-corrected chi connectivity index (χ1v) is 4.94. The van der Waals surface area contributed by atoms with Gasteiger partial charge in [-0.2, -0.15) is 0 Å². The topological polar surface area (TPSA) is 75.4 Å². The van der Waals surface area contributed by atoms with Crippen LogP contribution in [0.4, 0.5) is 14.5 Å². The lowest BCUT2D eigenvalue weighted by atomic mass is 10.3. The summed E-state index contributed by atoms with van der Waals surface area (Å²) < 4.78 is 31.2. The van der Waals surface area contributed by atoms with Crippen LogP contribution in [0.15, 0.2) is 28.8 Å². The van der Waals surface area contributed by atoms with Gasteiger partial charge in [0.2, 0.25) is 0 Å². The molecule has 1 heterocycles. The van der Waals surface area contributed by atoms with E-state index in [1.807, 2.05) is 0 Å². The van der Waals surface area contributed by atoms with E-state index in [9.17, 15) is 13.6 Å². The Morgan fingerprint density at radius 3 is 2.61 bits per heavy atom. The summed E-state index contributed by atoms with van der Waals surface area (Å²) in [6.07, 6.45) is 0. The molecule has 2 rings (SSSR count). The van der Waals surface area contributed by atoms with Crippen LogP contribution in [0, 0.1) is 11.6 Å². The number of aromatic nitrogens is 1. The molecule has 0 spiro atoms. The molecule has 1 aromatic heterocycles. The molecule has 0 radical (unpaired) electrons. The van der Waals surface area contributed by atoms with E-state index >= 15 is 0 Å². The standard InChI is InChI=1S/C11H8F2N2O3/c12-7-2-1-3-8(13)10(7)14-5-6-4-9(11(16)17)15-18-6/h1-4,14H,5H2,(H,16,17). The van der Waals surface area contributed by atoms with Crippen molar-refractivity contribution >= 4 is 11.7 Å². The molecule has 0 saturated carbocycles. The second-order valence-corrected chi connectivity index (χ2v) is 3.43. The molecular weight excluding hydrogens is 246 g/mol. The van der Waals surface area contributed by atoms with Gasteiger partial charge in [0.1, 0.15) is 17.3 Å². The number of rotatable bonds is 4. The molecule has 5 nitrogen and oxygen atoms in total. The van der Waals surface area contributed by atoms with Gasteiger partial charge >= 0.3 is 5.97 Å². The van der Waals surface area contributed by atoms with Crippen LogP contribution in [-0.4, -0.2) is 16.2 Å². The molecule has 2 N–H and O–H groups in total. The fraction of sp³-hybridized carbons (Fsp3) is 0.0909. The maximum Gasteiger partial charge on any atom is 0.358 e. The average Bonchev–Trinajstić information content (AvgIpc) is 2.77. The lowest BCUT2D eigenvalue weighted by molar-refractivity contribution is 0.0685. The highest BCUT2D eigenvalue weighted by Crippen LogP contribution is 2.19. The highest BCUT2D eigenvalue weighted by atomic mass is 19.1. The van der Waals surface area contributed by atoms with E-state index in [0.717, 1.165) is 12.1 Å². The molecular formula is C11H8F2N2O3. The zero-order valence-corrected chi connectivity index (χ0v) is 8.98. The molecule has 0 atom stereocenters. The summed E-state index contributed by atoms with van der Waals surface area (Å²) in [6, 6.07) is 4.63. The smallest absolute Gasteiger partial charge is 0.358 e. The van der Waals surface area contributed by atoms with Gasteiger partial charge in [-0.15, -0.1) is 0 Å². The summed E-state index contributed by atoms with van der Waals surface area (Å²) >= 11 is 0. The van der Waals surface area contributed by atoms with E-state index in [0.29, 0.717) is 0 Å². The van der Waals surface area contributed by atoms with Crippen molar-refractivity contribution in [1.29, 1.82) is 0 Å². The average molecular weight is 254 g/mol. The van der Waals surface area contributed by atoms with Crippen LogP contribution in [0.25, 0.3) is 0 Å². The third-order valence-electron chi connectivity index (χ3n) is 2.18. The third-order valence-corrected chi connectivity index (χ3v) is 2.18. The van der Waals surface area contributed by atoms with Crippen molar-refractivity contribution in [3.8, 4) is 0 Å². The summed E-state index contributed by atoms with van der Waals surface area (Å²) in [6.45, 7) is -0.0713. The van der Waals surface area contributed by atoms with Gasteiger partial charge in [-0.25, -0.2) is 13.6 Å². The van der Waals surface area contributed by atoms with Crippen molar-refractivity contribution < 1.29 is 23.2 Å². The van der Waals surface area contributed by atoms with Crippen LogP contribution in [0.5, 0.6) is 0 Å². The van der Waals surface area contributed by atoms with Crippen molar-refractivity contribution in [3.63, 3.8) is 0 Å². The first-order valence-electron chi connectivity index (χ1n) is 4.94. The van der Waals surface area contributed by atoms with E-state index in [-0.39, 0.29) is 23.7 Å². The van der Waals surface area contributed by atoms with Crippen LogP contribution >= 0.6 is 0 Å². The van der Waals surface area contributed by atoms with E-state index < -0.39 is 17.6 Å². The first kappa shape index (κ1) is 12.0. The minimum atomic E-state index is -1.23. The minimum absolute atomic E-state index is 0.0713. The molecule has 0 saturated heterocycles. The Morgan fingerprint density at radius 1 is 1.39 bits per heavy atom. The second-order valence-electron chi connectivity index (χ2n) is 3.43. The Labute approximate surface area is 100 Å². The molecule has 94 valence electrons. The van der Waals surface area contributed by atoms with Crippen LogP contribution in [-0.2, 0) is 6.54 Å². The number of nitrogens with zero attached hydrogens (tertiary/aromatic N) is 1. The summed E-state index contributed by atoms with van der Waals surface area (Å²) in [5, 5.41) is 14.4. The number of anilines is 1. The van der Waals surface area contributed by atoms with Gasteiger partial charge in [0.25, 0.3) is 0 Å². The molecule has 0 aliphatic rings. The van der Waals surface area contributed by atoms with E-state index in [2.05, 4.69) is 15.0 Å². The van der Waals surface area contributed by atoms with Crippen molar-refractivity contribution in [3.05, 3.63) is 47.4 Å². The Balaban J connectivity index is 2.09. The summed E-state index contributed by atoms with van der Waals surface area (Å²) in [5.41, 5.74) is -0.563. The monoisotopic (exact) mass is 254 g/mol. The van der Waals surface area contributed by atoms with Crippen LogP contribution in [0.1, 0.15) is 16.2 Å². The zero-order valence-electron chi connectivity index (χ0n) is 8.98. The Morgan fingerprint density at radius 2 is 2.06 bits per heavy atom. The fourth-order valence-electron chi connectivity index (χ4n) is 1.34. The summed E-state index contributed by atoms with van der Waals surface area (Å²) in [5.74, 6) is -2.56. The molecule has 1 aromatic carbocycles. The number of carbonyl (C=O) groups is 1. The molecule has 0 unspecified atom stereocenters. The maximum absolute atomic E-state index is 13.2. The predicted molar refractivity (Wildman–Crippen MR) is 57.1 cm³/mol. The van der Waals surface area contributed by atoms with Crippen molar-refractivity contribution in [2.45, 2.75) is 6.54 Å².